The SMILES string of the molecule is C#CCCC(NC(=O)[C@@H]1[C@@H]2[C@H](CN1C(=O)[C@@H](NC(=O)N[C@H](C(=O)OC(=C)C)C(C)(C)C)C(C)(C)C)C2(C)C)C(=O)C(=O)NCC=C. The maximum Gasteiger partial charge on any atom is 0.334 e. The highest BCUT2D eigenvalue weighted by molar-refractivity contribution is 6.38. The fraction of sp³-hybridized carbons (Fsp3) is 0.647. The quantitative estimate of drug-likeness (QED) is 0.0789. The lowest BCUT2D eigenvalue weighted by atomic mass is 9.85. The number of nitrogens with one attached hydrogen (secondary N) is 4. The summed E-state index contributed by atoms with van der Waals surface area (Å²) in [6.07, 6.45) is 7.01. The van der Waals surface area contributed by atoms with E-state index in [0.717, 1.165) is 0 Å². The molecule has 1 aliphatic heterocycles. The van der Waals surface area contributed by atoms with Crippen molar-refractivity contribution in [1.29, 1.82) is 0 Å². The summed E-state index contributed by atoms with van der Waals surface area (Å²) >= 11 is 0. The first-order chi connectivity index (χ1) is 21.1. The number of terminal acetylenes is 1. The molecule has 12 heteroatoms. The highest BCUT2D eigenvalue weighted by atomic mass is 16.5. The summed E-state index contributed by atoms with van der Waals surface area (Å²) in [7, 11) is 0. The van der Waals surface area contributed by atoms with Gasteiger partial charge in [0, 0.05) is 19.5 Å². The van der Waals surface area contributed by atoms with Gasteiger partial charge in [0.05, 0.1) is 11.8 Å². The van der Waals surface area contributed by atoms with Crippen molar-refractivity contribution in [2.75, 3.05) is 13.1 Å². The fourth-order valence-corrected chi connectivity index (χ4v) is 5.96. The summed E-state index contributed by atoms with van der Waals surface area (Å²) < 4.78 is 5.16. The van der Waals surface area contributed by atoms with Gasteiger partial charge in [-0.05, 0) is 41.4 Å². The molecule has 1 heterocycles. The molecule has 2 fully saturated rings. The zero-order valence-electron chi connectivity index (χ0n) is 28.7. The van der Waals surface area contributed by atoms with E-state index in [9.17, 15) is 28.8 Å². The Hall–Kier alpha value is -4.14. The number of allylic oxidation sites excluding steroid dienone is 1. The smallest absolute Gasteiger partial charge is 0.334 e. The molecule has 254 valence electrons. The predicted molar refractivity (Wildman–Crippen MR) is 174 cm³/mol. The lowest BCUT2D eigenvalue weighted by Gasteiger charge is -2.38. The van der Waals surface area contributed by atoms with Gasteiger partial charge in [-0.2, -0.15) is 0 Å². The third-order valence-electron chi connectivity index (χ3n) is 8.64. The Balaban J connectivity index is 2.35. The Kier molecular flexibility index (Phi) is 12.0. The molecule has 0 aromatic heterocycles. The van der Waals surface area contributed by atoms with Gasteiger partial charge in [0.15, 0.2) is 0 Å². The van der Waals surface area contributed by atoms with E-state index in [-0.39, 0.29) is 48.9 Å². The van der Waals surface area contributed by atoms with Gasteiger partial charge in [0.2, 0.25) is 17.6 Å². The molecule has 5 amide bonds. The molecule has 4 N–H and O–H groups in total. The number of hydrogen-bond donors (Lipinski definition) is 4. The average molecular weight is 642 g/mol. The number of fused-ring (bicyclic) bond motifs is 1. The van der Waals surface area contributed by atoms with Gasteiger partial charge in [0.1, 0.15) is 18.1 Å². The van der Waals surface area contributed by atoms with Crippen molar-refractivity contribution < 1.29 is 33.5 Å². The Morgan fingerprint density at radius 3 is 2.09 bits per heavy atom. The van der Waals surface area contributed by atoms with E-state index in [1.54, 1.807) is 41.5 Å². The number of likely N-dealkylation sites (tertiary alicyclic amines) is 1. The van der Waals surface area contributed by atoms with Crippen LogP contribution in [0.15, 0.2) is 25.0 Å². The highest BCUT2D eigenvalue weighted by Gasteiger charge is 2.70. The number of ether oxygens (including phenoxy) is 1. The molecule has 0 aromatic rings. The topological polar surface area (TPSA) is 163 Å². The molecule has 1 saturated carbocycles. The minimum Gasteiger partial charge on any atom is -0.430 e. The van der Waals surface area contributed by atoms with Crippen molar-refractivity contribution in [1.82, 2.24) is 26.2 Å². The maximum absolute atomic E-state index is 14.2. The number of carbonyl (C=O) groups is 6. The van der Waals surface area contributed by atoms with Gasteiger partial charge < -0.3 is 30.9 Å². The van der Waals surface area contributed by atoms with Crippen LogP contribution in [0.3, 0.4) is 0 Å². The van der Waals surface area contributed by atoms with Gasteiger partial charge in [-0.15, -0.1) is 18.9 Å². The number of Topliss-reactive ketones (excluding diaryl/α,β-unsaturated/α-hetero) is 1. The number of ketones is 1. The Morgan fingerprint density at radius 1 is 1.02 bits per heavy atom. The number of nitrogens with zero attached hydrogens (tertiary/aromatic N) is 1. The van der Waals surface area contributed by atoms with E-state index in [4.69, 9.17) is 11.2 Å². The molecule has 1 aliphatic carbocycles. The molecule has 46 heavy (non-hydrogen) atoms. The summed E-state index contributed by atoms with van der Waals surface area (Å²) in [5.74, 6) is -1.08. The van der Waals surface area contributed by atoms with Crippen molar-refractivity contribution in [2.45, 2.75) is 99.3 Å². The lowest BCUT2D eigenvalue weighted by molar-refractivity contribution is -0.145. The normalized spacial score (nSPS) is 21.7. The summed E-state index contributed by atoms with van der Waals surface area (Å²) in [6, 6.07) is -5.05. The molecule has 1 saturated heterocycles. The number of piperidine rings is 1. The highest BCUT2D eigenvalue weighted by Crippen LogP contribution is 2.65. The third-order valence-corrected chi connectivity index (χ3v) is 8.64. The molecular formula is C34H51N5O7. The molecule has 6 atom stereocenters. The van der Waals surface area contributed by atoms with Crippen LogP contribution in [0, 0.1) is 40.4 Å². The Morgan fingerprint density at radius 2 is 1.59 bits per heavy atom. The van der Waals surface area contributed by atoms with E-state index >= 15 is 0 Å². The first-order valence-corrected chi connectivity index (χ1v) is 15.5. The molecule has 0 spiro atoms. The minimum atomic E-state index is -1.19. The second kappa shape index (κ2) is 14.5. The summed E-state index contributed by atoms with van der Waals surface area (Å²) in [5, 5.41) is 10.5. The monoisotopic (exact) mass is 641 g/mol. The Bertz CT molecular complexity index is 1300. The summed E-state index contributed by atoms with van der Waals surface area (Å²) in [6.45, 7) is 23.6. The first-order valence-electron chi connectivity index (χ1n) is 15.5. The molecular weight excluding hydrogens is 590 g/mol. The second-order valence-electron chi connectivity index (χ2n) is 14.9. The Labute approximate surface area is 272 Å². The van der Waals surface area contributed by atoms with Crippen molar-refractivity contribution in [3.63, 3.8) is 0 Å². The molecule has 1 unspecified atom stereocenters. The largest absolute Gasteiger partial charge is 0.430 e. The standard InChI is InChI=1S/C34H51N5O7/c1-13-15-16-21(24(40)28(42)35-17-14-2)36-27(41)23-22-20(34(22,11)12)18-39(23)29(43)25(32(5,6)7)37-31(45)38-26(33(8,9)10)30(44)46-19(3)4/h1,14,20-23,25-26H,2-3,15-18H2,4-12H3,(H,35,42)(H,36,41)(H2,37,38,45)/t20-,21?,22-,23-,25+,26+/m0/s1. The van der Waals surface area contributed by atoms with Gasteiger partial charge in [0.25, 0.3) is 5.91 Å². The molecule has 0 radical (unpaired) electrons. The zero-order valence-corrected chi connectivity index (χ0v) is 28.7. The fourth-order valence-electron chi connectivity index (χ4n) is 5.96. The molecule has 12 nitrogen and oxygen atoms in total. The van der Waals surface area contributed by atoms with Crippen LogP contribution in [-0.4, -0.2) is 77.7 Å². The van der Waals surface area contributed by atoms with Crippen LogP contribution in [0.5, 0.6) is 0 Å². The van der Waals surface area contributed by atoms with Crippen LogP contribution >= 0.6 is 0 Å². The van der Waals surface area contributed by atoms with Crippen molar-refractivity contribution >= 4 is 35.5 Å². The summed E-state index contributed by atoms with van der Waals surface area (Å²) in [5.41, 5.74) is -1.78. The second-order valence-corrected chi connectivity index (χ2v) is 14.9. The minimum absolute atomic E-state index is 0.0135. The zero-order chi connectivity index (χ0) is 35.4. The number of carbonyl (C=O) groups excluding carboxylic acids is 6. The van der Waals surface area contributed by atoms with Gasteiger partial charge in [-0.1, -0.05) is 68.0 Å². The molecule has 0 bridgehead atoms. The van der Waals surface area contributed by atoms with Crippen molar-refractivity contribution in [3.05, 3.63) is 25.0 Å². The van der Waals surface area contributed by atoms with Gasteiger partial charge in [-0.3, -0.25) is 19.2 Å². The maximum atomic E-state index is 14.2. The first kappa shape index (κ1) is 38.0. The van der Waals surface area contributed by atoms with Crippen LogP contribution in [0.1, 0.15) is 75.2 Å². The van der Waals surface area contributed by atoms with E-state index in [1.807, 2.05) is 13.8 Å². The molecule has 2 rings (SSSR count). The van der Waals surface area contributed by atoms with Crippen molar-refractivity contribution in [2.24, 2.45) is 28.1 Å². The van der Waals surface area contributed by atoms with Crippen LogP contribution < -0.4 is 21.3 Å². The van der Waals surface area contributed by atoms with E-state index in [1.165, 1.54) is 17.9 Å². The van der Waals surface area contributed by atoms with Crippen LogP contribution in [-0.2, 0) is 28.7 Å². The third kappa shape index (κ3) is 8.98. The van der Waals surface area contributed by atoms with Crippen LogP contribution in [0.2, 0.25) is 0 Å². The van der Waals surface area contributed by atoms with E-state index in [2.05, 4.69) is 40.3 Å². The molecule has 0 aromatic carbocycles. The number of hydrogen-bond acceptors (Lipinski definition) is 7. The molecule has 2 aliphatic rings. The lowest BCUT2D eigenvalue weighted by Crippen LogP contribution is -2.62. The number of urea groups is 1. The van der Waals surface area contributed by atoms with E-state index in [0.29, 0.717) is 0 Å². The van der Waals surface area contributed by atoms with E-state index < -0.39 is 70.5 Å². The van der Waals surface area contributed by atoms with Gasteiger partial charge in [-0.25, -0.2) is 9.59 Å². The average Bonchev–Trinajstić information content (AvgIpc) is 3.25. The summed E-state index contributed by atoms with van der Waals surface area (Å²) in [4.78, 5) is 81.1. The predicted octanol–water partition coefficient (Wildman–Crippen LogP) is 2.44. The van der Waals surface area contributed by atoms with Crippen LogP contribution in [0.25, 0.3) is 0 Å². The number of esters is 1. The number of amides is 5. The van der Waals surface area contributed by atoms with Crippen molar-refractivity contribution in [3.8, 4) is 12.3 Å². The van der Waals surface area contributed by atoms with Gasteiger partial charge >= 0.3 is 12.0 Å². The number of rotatable bonds is 13. The van der Waals surface area contributed by atoms with Crippen LogP contribution in [0.4, 0.5) is 4.79 Å².